The predicted octanol–water partition coefficient (Wildman–Crippen LogP) is 5.21. The molecule has 0 radical (unpaired) electrons. The van der Waals surface area contributed by atoms with Gasteiger partial charge in [0.2, 0.25) is 11.0 Å². The van der Waals surface area contributed by atoms with Crippen LogP contribution in [0, 0.1) is 0 Å². The van der Waals surface area contributed by atoms with E-state index in [2.05, 4.69) is 16.0 Å². The molecule has 0 aromatic heterocycles. The molecule has 4 rings (SSSR count). The first-order valence-corrected chi connectivity index (χ1v) is 13.7. The molecule has 0 fully saturated rings. The number of alkyl carbamates (subject to hydrolysis) is 1. The van der Waals surface area contributed by atoms with Crippen LogP contribution in [0.3, 0.4) is 0 Å². The van der Waals surface area contributed by atoms with Crippen LogP contribution in [0.25, 0.3) is 0 Å². The summed E-state index contributed by atoms with van der Waals surface area (Å²) in [4.78, 5) is 51.7. The zero-order valence-electron chi connectivity index (χ0n) is 22.1. The molecular weight excluding hydrogens is 538 g/mol. The van der Waals surface area contributed by atoms with Crippen molar-refractivity contribution in [1.82, 2.24) is 10.6 Å². The van der Waals surface area contributed by atoms with Crippen LogP contribution in [-0.4, -0.2) is 35.6 Å². The van der Waals surface area contributed by atoms with Gasteiger partial charge in [-0.25, -0.2) is 4.79 Å². The largest absolute Gasteiger partial charge is 0.445 e. The van der Waals surface area contributed by atoms with E-state index in [-0.39, 0.29) is 36.2 Å². The van der Waals surface area contributed by atoms with Gasteiger partial charge in [-0.2, -0.15) is 0 Å². The third kappa shape index (κ3) is 9.36. The minimum absolute atomic E-state index is 0.0624. The number of anilines is 1. The number of nitrogens with one attached hydrogen (secondary N) is 3. The fraction of sp³-hybridized carbons (Fsp3) is 0.125. The minimum Gasteiger partial charge on any atom is -0.445 e. The van der Waals surface area contributed by atoms with E-state index in [0.29, 0.717) is 10.6 Å². The Bertz CT molecular complexity index is 1470. The molecule has 3 amide bonds. The molecule has 0 spiro atoms. The van der Waals surface area contributed by atoms with Crippen molar-refractivity contribution < 1.29 is 23.9 Å². The number of rotatable bonds is 11. The van der Waals surface area contributed by atoms with Crippen molar-refractivity contribution in [3.63, 3.8) is 0 Å². The summed E-state index contributed by atoms with van der Waals surface area (Å²) in [6.45, 7) is -0.182. The van der Waals surface area contributed by atoms with Crippen LogP contribution < -0.4 is 16.0 Å². The van der Waals surface area contributed by atoms with E-state index in [1.165, 1.54) is 0 Å². The lowest BCUT2D eigenvalue weighted by molar-refractivity contribution is -0.115. The number of carbonyl (C=O) groups is 4. The molecule has 41 heavy (non-hydrogen) atoms. The fourth-order valence-electron chi connectivity index (χ4n) is 3.86. The molecule has 9 heteroatoms. The molecule has 1 atom stereocenters. The molecule has 208 valence electrons. The van der Waals surface area contributed by atoms with Crippen molar-refractivity contribution >= 4 is 40.5 Å². The first-order chi connectivity index (χ1) is 20.0. The number of benzene rings is 4. The van der Waals surface area contributed by atoms with Crippen molar-refractivity contribution in [1.29, 1.82) is 0 Å². The number of amides is 3. The Balaban J connectivity index is 1.40. The van der Waals surface area contributed by atoms with E-state index in [0.717, 1.165) is 22.9 Å². The highest BCUT2D eigenvalue weighted by atomic mass is 32.2. The summed E-state index contributed by atoms with van der Waals surface area (Å²) in [6, 6.07) is 33.1. The van der Waals surface area contributed by atoms with Crippen LogP contribution in [0.2, 0.25) is 0 Å². The highest BCUT2D eigenvalue weighted by Gasteiger charge is 2.25. The molecule has 0 bridgehead atoms. The summed E-state index contributed by atoms with van der Waals surface area (Å²) < 4.78 is 5.34. The summed E-state index contributed by atoms with van der Waals surface area (Å²) >= 11 is 0.849. The van der Waals surface area contributed by atoms with Gasteiger partial charge in [-0.1, -0.05) is 91.0 Å². The third-order valence-corrected chi connectivity index (χ3v) is 6.94. The summed E-state index contributed by atoms with van der Waals surface area (Å²) in [5, 5.41) is 7.62. The summed E-state index contributed by atoms with van der Waals surface area (Å²) in [5.41, 5.74) is 2.53. The van der Waals surface area contributed by atoms with Crippen LogP contribution in [0.15, 0.2) is 120 Å². The summed E-state index contributed by atoms with van der Waals surface area (Å²) in [6.07, 6.45) is -0.486. The average molecular weight is 568 g/mol. The Labute approximate surface area is 242 Å². The van der Waals surface area contributed by atoms with Gasteiger partial charge in [-0.3, -0.25) is 14.4 Å². The second kappa shape index (κ2) is 15.0. The number of ether oxygens (including phenoxy) is 1. The van der Waals surface area contributed by atoms with Gasteiger partial charge < -0.3 is 20.7 Å². The first-order valence-electron chi connectivity index (χ1n) is 12.9. The van der Waals surface area contributed by atoms with E-state index >= 15 is 0 Å². The maximum Gasteiger partial charge on any atom is 0.408 e. The number of carbonyl (C=O) groups excluding carboxylic acids is 4. The Morgan fingerprint density at radius 2 is 1.29 bits per heavy atom. The monoisotopic (exact) mass is 567 g/mol. The van der Waals surface area contributed by atoms with Gasteiger partial charge in [-0.15, -0.1) is 0 Å². The molecule has 0 heterocycles. The van der Waals surface area contributed by atoms with Gasteiger partial charge in [0.25, 0.3) is 5.91 Å². The lowest BCUT2D eigenvalue weighted by Crippen LogP contribution is -2.41. The first kappa shape index (κ1) is 29.1. The summed E-state index contributed by atoms with van der Waals surface area (Å²) in [7, 11) is 0. The molecular formula is C32H29N3O5S. The maximum atomic E-state index is 13.5. The Hall–Kier alpha value is -4.89. The molecule has 3 N–H and O–H groups in total. The molecule has 1 unspecified atom stereocenters. The molecule has 0 aliphatic carbocycles. The molecule has 4 aromatic rings. The molecule has 0 saturated heterocycles. The van der Waals surface area contributed by atoms with E-state index in [9.17, 15) is 19.2 Å². The Kier molecular flexibility index (Phi) is 10.7. The molecule has 8 nitrogen and oxygen atoms in total. The van der Waals surface area contributed by atoms with E-state index in [4.69, 9.17) is 4.74 Å². The maximum absolute atomic E-state index is 13.5. The van der Waals surface area contributed by atoms with Crippen molar-refractivity contribution in [2.45, 2.75) is 24.0 Å². The lowest BCUT2D eigenvalue weighted by Gasteiger charge is -2.18. The predicted molar refractivity (Wildman–Crippen MR) is 158 cm³/mol. The van der Waals surface area contributed by atoms with Crippen LogP contribution in [0.4, 0.5) is 10.5 Å². The van der Waals surface area contributed by atoms with Crippen LogP contribution in [-0.2, 0) is 27.4 Å². The van der Waals surface area contributed by atoms with Crippen LogP contribution in [0.1, 0.15) is 21.5 Å². The smallest absolute Gasteiger partial charge is 0.408 e. The van der Waals surface area contributed by atoms with Gasteiger partial charge in [0, 0.05) is 17.0 Å². The quantitative estimate of drug-likeness (QED) is 0.215. The third-order valence-electron chi connectivity index (χ3n) is 5.88. The van der Waals surface area contributed by atoms with E-state index in [1.54, 1.807) is 48.5 Å². The number of hydrogen-bond donors (Lipinski definition) is 3. The summed E-state index contributed by atoms with van der Waals surface area (Å²) in [5.74, 6) is -0.883. The molecule has 4 aromatic carbocycles. The number of hydrogen-bond acceptors (Lipinski definition) is 6. The molecule has 0 saturated carbocycles. The molecule has 0 aliphatic rings. The second-order valence-corrected chi connectivity index (χ2v) is 10.0. The Morgan fingerprint density at radius 3 is 1.98 bits per heavy atom. The zero-order chi connectivity index (χ0) is 28.9. The average Bonchev–Trinajstić information content (AvgIpc) is 3.00. The standard InChI is InChI=1S/C32H29N3O5S/c36-29(34-25-16-8-3-9-17-25)21-33-30(37)26-18-10-11-19-28(26)41-31(38)27(20-23-12-4-1-5-13-23)35-32(39)40-22-24-14-6-2-7-15-24/h1-19,27H,20-22H2,(H,33,37)(H,34,36)(H,35,39). The second-order valence-electron chi connectivity index (χ2n) is 8.96. The SMILES string of the molecule is O=C(CNC(=O)c1ccccc1SC(=O)C(Cc1ccccc1)NC(=O)OCc1ccccc1)Nc1ccccc1. The van der Waals surface area contributed by atoms with Crippen molar-refractivity contribution in [3.8, 4) is 0 Å². The van der Waals surface area contributed by atoms with Crippen molar-refractivity contribution in [3.05, 3.63) is 132 Å². The highest BCUT2D eigenvalue weighted by molar-refractivity contribution is 8.13. The number of thioether (sulfide) groups is 1. The zero-order valence-corrected chi connectivity index (χ0v) is 22.9. The van der Waals surface area contributed by atoms with E-state index in [1.807, 2.05) is 66.7 Å². The molecule has 0 aliphatic heterocycles. The Morgan fingerprint density at radius 1 is 0.707 bits per heavy atom. The topological polar surface area (TPSA) is 114 Å². The van der Waals surface area contributed by atoms with Gasteiger partial charge in [0.15, 0.2) is 0 Å². The van der Waals surface area contributed by atoms with Crippen molar-refractivity contribution in [2.24, 2.45) is 0 Å². The van der Waals surface area contributed by atoms with Crippen LogP contribution in [0.5, 0.6) is 0 Å². The van der Waals surface area contributed by atoms with Crippen LogP contribution >= 0.6 is 11.8 Å². The fourth-order valence-corrected chi connectivity index (χ4v) is 4.77. The highest BCUT2D eigenvalue weighted by Crippen LogP contribution is 2.25. The van der Waals surface area contributed by atoms with Gasteiger partial charge >= 0.3 is 6.09 Å². The number of para-hydroxylation sites is 1. The van der Waals surface area contributed by atoms with Gasteiger partial charge in [0.1, 0.15) is 12.6 Å². The van der Waals surface area contributed by atoms with Crippen molar-refractivity contribution in [2.75, 3.05) is 11.9 Å². The van der Waals surface area contributed by atoms with Gasteiger partial charge in [0.05, 0.1) is 12.1 Å². The van der Waals surface area contributed by atoms with Gasteiger partial charge in [-0.05, 0) is 47.2 Å². The normalized spacial score (nSPS) is 11.1. The minimum atomic E-state index is -0.918. The van der Waals surface area contributed by atoms with E-state index < -0.39 is 18.0 Å². The lowest BCUT2D eigenvalue weighted by atomic mass is 10.1.